The number of aromatic nitrogens is 5. The molecule has 17 nitrogen and oxygen atoms in total. The Kier molecular flexibility index (Phi) is 10.2. The molecule has 0 fully saturated rings. The minimum atomic E-state index is -0.970. The molecule has 6 N–H and O–H groups in total. The van der Waals surface area contributed by atoms with E-state index in [4.69, 9.17) is 14.6 Å². The molecule has 5 aromatic heterocycles. The summed E-state index contributed by atoms with van der Waals surface area (Å²) in [5.74, 6) is -2.44. The highest BCUT2D eigenvalue weighted by molar-refractivity contribution is 7.13. The number of thiazole rings is 2. The molecule has 0 saturated heterocycles. The first-order chi connectivity index (χ1) is 25.1. The Bertz CT molecular complexity index is 2250. The number of nitrogens with two attached hydrogens (primary N) is 1. The van der Waals surface area contributed by atoms with Gasteiger partial charge in [0.15, 0.2) is 5.69 Å². The number of amides is 5. The van der Waals surface area contributed by atoms with Crippen molar-refractivity contribution < 1.29 is 32.8 Å². The molecule has 0 aliphatic carbocycles. The standard InChI is InChI=1S/C34H36N10O7S2/c1-12(2)22-29(48)37-14(4)32-44-24(17(7)51-32)30(49)38-15(5)33-40-20(10-52-33)27(46)36-13(3)31-43-23(16(6)50-31)25-18(8-9-19(39-25)26(35)45)34-41-21(11-53-34)28(47)42-22/h8-15,22H,1-7H3,(H2,35,45)(H,36,46)(H,37,48)(H,38,49)(H,42,47)/t13-,14+,15+,22+/m1/s1. The third-order valence-electron chi connectivity index (χ3n) is 8.34. The number of hydrogen-bond donors (Lipinski definition) is 5. The van der Waals surface area contributed by atoms with Crippen molar-refractivity contribution in [2.45, 2.75) is 72.6 Å². The van der Waals surface area contributed by atoms with Gasteiger partial charge < -0.3 is 35.8 Å². The quantitative estimate of drug-likeness (QED) is 0.172. The molecule has 0 radical (unpaired) electrons. The van der Waals surface area contributed by atoms with Crippen LogP contribution in [-0.4, -0.2) is 60.5 Å². The Balaban J connectivity index is 1.40. The topological polar surface area (TPSA) is 250 Å². The average Bonchev–Trinajstić information content (AvgIpc) is 3.92. The fourth-order valence-electron chi connectivity index (χ4n) is 5.45. The molecular weight excluding hydrogens is 725 g/mol. The van der Waals surface area contributed by atoms with Crippen LogP contribution in [0, 0.1) is 19.8 Å². The van der Waals surface area contributed by atoms with Crippen LogP contribution >= 0.6 is 22.7 Å². The van der Waals surface area contributed by atoms with E-state index in [1.807, 2.05) is 0 Å². The van der Waals surface area contributed by atoms with E-state index in [1.165, 1.54) is 22.8 Å². The van der Waals surface area contributed by atoms with Crippen molar-refractivity contribution in [1.82, 2.24) is 46.2 Å². The molecule has 4 atom stereocenters. The number of carbonyl (C=O) groups excluding carboxylic acids is 5. The molecule has 0 saturated carbocycles. The van der Waals surface area contributed by atoms with Gasteiger partial charge in [-0.15, -0.1) is 22.7 Å². The third kappa shape index (κ3) is 7.56. The van der Waals surface area contributed by atoms with Crippen molar-refractivity contribution in [2.24, 2.45) is 11.7 Å². The highest BCUT2D eigenvalue weighted by atomic mass is 32.1. The van der Waals surface area contributed by atoms with E-state index < -0.39 is 53.7 Å². The van der Waals surface area contributed by atoms with E-state index in [0.717, 1.165) is 11.3 Å². The third-order valence-corrected chi connectivity index (χ3v) is 10.2. The SMILES string of the molecule is Cc1oc2nc1C(=O)N[C@@H](C)c1nc(cs1)C(=O)N[C@H](C)c1nc(c(C)o1)-c1nc(C(N)=O)ccc1-c1nc(cs1)C(=O)N[C@@H](C(C)C)C(=O)N[C@H]2C. The Morgan fingerprint density at radius 1 is 0.717 bits per heavy atom. The van der Waals surface area contributed by atoms with Gasteiger partial charge in [-0.1, -0.05) is 13.8 Å². The smallest absolute Gasteiger partial charge is 0.274 e. The molecule has 0 spiro atoms. The summed E-state index contributed by atoms with van der Waals surface area (Å²) in [6.07, 6.45) is 0. The first kappa shape index (κ1) is 37.0. The number of pyridine rings is 1. The molecule has 6 heterocycles. The molecule has 0 aromatic carbocycles. The van der Waals surface area contributed by atoms with Gasteiger partial charge in [-0.05, 0) is 52.7 Å². The number of nitrogens with zero attached hydrogens (tertiary/aromatic N) is 5. The number of aryl methyl sites for hydroxylation is 2. The zero-order valence-corrected chi connectivity index (χ0v) is 31.3. The summed E-state index contributed by atoms with van der Waals surface area (Å²) in [7, 11) is 0. The molecule has 5 amide bonds. The van der Waals surface area contributed by atoms with Crippen molar-refractivity contribution in [3.05, 3.63) is 74.0 Å². The van der Waals surface area contributed by atoms with Crippen LogP contribution in [0.2, 0.25) is 0 Å². The Morgan fingerprint density at radius 3 is 1.98 bits per heavy atom. The van der Waals surface area contributed by atoms with Crippen LogP contribution in [0.5, 0.6) is 0 Å². The van der Waals surface area contributed by atoms with Crippen LogP contribution in [-0.2, 0) is 4.79 Å². The number of primary amides is 1. The van der Waals surface area contributed by atoms with Crippen LogP contribution in [0.15, 0.2) is 31.7 Å². The Hall–Kier alpha value is -5.82. The summed E-state index contributed by atoms with van der Waals surface area (Å²) in [6, 6.07) is -0.0243. The lowest BCUT2D eigenvalue weighted by molar-refractivity contribution is -0.124. The normalized spacial score (nSPS) is 19.9. The molecule has 8 bridgehead atoms. The number of fused-ring (bicyclic) bond motifs is 11. The molecule has 6 rings (SSSR count). The van der Waals surface area contributed by atoms with E-state index in [-0.39, 0.29) is 57.6 Å². The van der Waals surface area contributed by atoms with E-state index in [0.29, 0.717) is 21.3 Å². The first-order valence-electron chi connectivity index (χ1n) is 16.5. The highest BCUT2D eigenvalue weighted by Crippen LogP contribution is 2.35. The van der Waals surface area contributed by atoms with Crippen LogP contribution in [0.25, 0.3) is 22.0 Å². The van der Waals surface area contributed by atoms with Crippen LogP contribution in [0.1, 0.15) is 123 Å². The van der Waals surface area contributed by atoms with Crippen LogP contribution in [0.3, 0.4) is 0 Å². The Labute approximate surface area is 310 Å². The van der Waals surface area contributed by atoms with Gasteiger partial charge in [0, 0.05) is 16.3 Å². The van der Waals surface area contributed by atoms with Crippen molar-refractivity contribution in [1.29, 1.82) is 0 Å². The number of rotatable bonds is 2. The van der Waals surface area contributed by atoms with Crippen LogP contribution < -0.4 is 27.0 Å². The maximum Gasteiger partial charge on any atom is 0.274 e. The molecule has 5 aromatic rings. The monoisotopic (exact) mass is 760 g/mol. The fraction of sp³-hybridized carbons (Fsp3) is 0.353. The summed E-state index contributed by atoms with van der Waals surface area (Å²) in [4.78, 5) is 88.1. The van der Waals surface area contributed by atoms with Crippen molar-refractivity contribution in [3.63, 3.8) is 0 Å². The minimum absolute atomic E-state index is 0.0222. The maximum atomic E-state index is 13.5. The van der Waals surface area contributed by atoms with Gasteiger partial charge in [0.1, 0.15) is 68.1 Å². The van der Waals surface area contributed by atoms with Gasteiger partial charge in [0.05, 0.1) is 6.04 Å². The summed E-state index contributed by atoms with van der Waals surface area (Å²) in [6.45, 7) is 11.8. The highest BCUT2D eigenvalue weighted by Gasteiger charge is 2.31. The van der Waals surface area contributed by atoms with Gasteiger partial charge >= 0.3 is 0 Å². The molecular formula is C34H36N10O7S2. The van der Waals surface area contributed by atoms with Gasteiger partial charge in [-0.2, -0.15) is 0 Å². The summed E-state index contributed by atoms with van der Waals surface area (Å²) in [5.41, 5.74) is 6.62. The summed E-state index contributed by atoms with van der Waals surface area (Å²) in [5, 5.41) is 15.2. The zero-order chi connectivity index (χ0) is 38.3. The zero-order valence-electron chi connectivity index (χ0n) is 29.7. The largest absolute Gasteiger partial charge is 0.443 e. The summed E-state index contributed by atoms with van der Waals surface area (Å²) < 4.78 is 11.7. The Morgan fingerprint density at radius 2 is 1.30 bits per heavy atom. The van der Waals surface area contributed by atoms with Gasteiger partial charge in [-0.25, -0.2) is 24.9 Å². The van der Waals surface area contributed by atoms with Crippen molar-refractivity contribution in [3.8, 4) is 22.0 Å². The number of nitrogens with one attached hydrogen (secondary N) is 4. The number of oxazole rings is 2. The average molecular weight is 761 g/mol. The van der Waals surface area contributed by atoms with E-state index in [2.05, 4.69) is 46.2 Å². The molecule has 1 aliphatic heterocycles. The lowest BCUT2D eigenvalue weighted by Crippen LogP contribution is -2.50. The van der Waals surface area contributed by atoms with Gasteiger partial charge in [0.25, 0.3) is 23.6 Å². The molecule has 53 heavy (non-hydrogen) atoms. The minimum Gasteiger partial charge on any atom is -0.443 e. The first-order valence-corrected chi connectivity index (χ1v) is 18.3. The lowest BCUT2D eigenvalue weighted by Gasteiger charge is -2.22. The van der Waals surface area contributed by atoms with E-state index >= 15 is 0 Å². The second-order valence-electron chi connectivity index (χ2n) is 12.8. The van der Waals surface area contributed by atoms with Crippen LogP contribution in [0.4, 0.5) is 0 Å². The summed E-state index contributed by atoms with van der Waals surface area (Å²) >= 11 is 2.33. The molecule has 1 aliphatic rings. The molecule has 0 unspecified atom stereocenters. The van der Waals surface area contributed by atoms with Crippen molar-refractivity contribution >= 4 is 52.2 Å². The second-order valence-corrected chi connectivity index (χ2v) is 14.5. The number of carbonyl (C=O) groups is 5. The maximum absolute atomic E-state index is 13.5. The van der Waals surface area contributed by atoms with Crippen molar-refractivity contribution in [2.75, 3.05) is 0 Å². The lowest BCUT2D eigenvalue weighted by atomic mass is 10.0. The van der Waals surface area contributed by atoms with Gasteiger partial charge in [-0.3, -0.25) is 24.0 Å². The van der Waals surface area contributed by atoms with E-state index in [9.17, 15) is 24.0 Å². The predicted octanol–water partition coefficient (Wildman–Crippen LogP) is 3.95. The predicted molar refractivity (Wildman–Crippen MR) is 192 cm³/mol. The second kappa shape index (κ2) is 14.7. The van der Waals surface area contributed by atoms with E-state index in [1.54, 1.807) is 59.9 Å². The fourth-order valence-corrected chi connectivity index (χ4v) is 7.08. The number of hydrogen-bond acceptors (Lipinski definition) is 14. The van der Waals surface area contributed by atoms with Gasteiger partial charge in [0.2, 0.25) is 17.7 Å². The molecule has 19 heteroatoms. The molecule has 276 valence electrons.